The monoisotopic (exact) mass is 823 g/mol. The number of amides is 6. The largest absolute Gasteiger partial charge is 0.481 e. The Hall–Kier alpha value is -6.65. The molecule has 23 heteroatoms. The minimum atomic E-state index is -2.08. The Labute approximate surface area is 330 Å². The lowest BCUT2D eigenvalue weighted by Gasteiger charge is -2.28. The van der Waals surface area contributed by atoms with Crippen molar-refractivity contribution in [2.75, 3.05) is 0 Å². The van der Waals surface area contributed by atoms with E-state index in [4.69, 9.17) is 10.8 Å². The van der Waals surface area contributed by atoms with Crippen molar-refractivity contribution >= 4 is 65.3 Å². The van der Waals surface area contributed by atoms with Crippen molar-refractivity contribution in [1.29, 1.82) is 0 Å². The highest BCUT2D eigenvalue weighted by atomic mass is 16.4. The predicted octanol–water partition coefficient (Wildman–Crippen LogP) is -3.10. The van der Waals surface area contributed by atoms with E-state index in [0.717, 1.165) is 0 Å². The quantitative estimate of drug-likeness (QED) is 0.0440. The molecule has 1 aromatic carbocycles. The maximum Gasteiger partial charge on any atom is 0.326 e. The number of nitrogens with one attached hydrogen (secondary N) is 6. The van der Waals surface area contributed by atoms with Crippen molar-refractivity contribution in [2.24, 2.45) is 11.7 Å². The van der Waals surface area contributed by atoms with Gasteiger partial charge in [-0.1, -0.05) is 50.6 Å². The molecule has 0 saturated heterocycles. The van der Waals surface area contributed by atoms with Crippen LogP contribution in [-0.2, 0) is 59.2 Å². The van der Waals surface area contributed by atoms with Gasteiger partial charge in [0.05, 0.1) is 25.3 Å². The zero-order chi connectivity index (χ0) is 44.3. The van der Waals surface area contributed by atoms with E-state index in [1.807, 2.05) is 10.6 Å². The summed E-state index contributed by atoms with van der Waals surface area (Å²) in [6.45, 7) is 4.67. The molecule has 13 N–H and O–H groups in total. The number of carboxylic acid groups (broad SMARTS) is 5. The fourth-order valence-electron chi connectivity index (χ4n) is 5.07. The van der Waals surface area contributed by atoms with Crippen molar-refractivity contribution < 1.29 is 78.3 Å². The zero-order valence-corrected chi connectivity index (χ0v) is 31.8. The van der Waals surface area contributed by atoms with Gasteiger partial charge in [0.25, 0.3) is 0 Å². The molecule has 0 aliphatic rings. The molecule has 0 bridgehead atoms. The lowest BCUT2D eigenvalue weighted by molar-refractivity contribution is -0.145. The van der Waals surface area contributed by atoms with Gasteiger partial charge in [-0.15, -0.1) is 0 Å². The standard InChI is InChI=1S/C35H49N7O16/c1-4-16(2)28(42-29(51)17(3)36)34(56)41-23(15-27(49)50)33(55)38-20(12-18-8-6-5-7-9-18)30(52)39-22(14-26(47)48)32(54)40-21(13-25(45)46)31(53)37-19(35(57)58)10-11-24(43)44/h5-9,16-17,19-23,28H,4,10-15,36H2,1-3H3,(H,37,53)(H,38,55)(H,39,52)(H,40,54)(H,41,56)(H,42,51)(H,43,44)(H,45,46)(H,47,48)(H,49,50)(H,57,58)/t16-,17-,19-,20-,21-,22-,23-,28-/m0/s1. The van der Waals surface area contributed by atoms with Crippen molar-refractivity contribution in [3.05, 3.63) is 35.9 Å². The summed E-state index contributed by atoms with van der Waals surface area (Å²) in [6, 6.07) is -4.03. The van der Waals surface area contributed by atoms with Crippen molar-refractivity contribution in [3.8, 4) is 0 Å². The number of aliphatic carboxylic acids is 5. The lowest BCUT2D eigenvalue weighted by atomic mass is 9.97. The Bertz CT molecular complexity index is 1690. The molecule has 6 amide bonds. The molecule has 0 aliphatic carbocycles. The molecule has 0 saturated carbocycles. The van der Waals surface area contributed by atoms with Gasteiger partial charge in [0.1, 0.15) is 36.3 Å². The van der Waals surface area contributed by atoms with Crippen LogP contribution in [0.3, 0.4) is 0 Å². The molecule has 1 aromatic rings. The molecule has 0 unspecified atom stereocenters. The number of carbonyl (C=O) groups excluding carboxylic acids is 6. The Morgan fingerprint density at radius 1 is 0.534 bits per heavy atom. The molecule has 0 fully saturated rings. The Morgan fingerprint density at radius 3 is 1.31 bits per heavy atom. The number of carboxylic acids is 5. The lowest BCUT2D eigenvalue weighted by Crippen LogP contribution is -2.61. The third-order valence-corrected chi connectivity index (χ3v) is 8.42. The Morgan fingerprint density at radius 2 is 0.931 bits per heavy atom. The second kappa shape index (κ2) is 24.1. The fraction of sp³-hybridized carbons (Fsp3) is 0.514. The number of hydrogen-bond acceptors (Lipinski definition) is 12. The van der Waals surface area contributed by atoms with Crippen LogP contribution in [0, 0.1) is 5.92 Å². The molecule has 23 nitrogen and oxygen atoms in total. The smallest absolute Gasteiger partial charge is 0.326 e. The Kier molecular flexibility index (Phi) is 20.5. The van der Waals surface area contributed by atoms with Crippen LogP contribution in [0.25, 0.3) is 0 Å². The minimum absolute atomic E-state index is 0.356. The van der Waals surface area contributed by atoms with Crippen LogP contribution in [0.4, 0.5) is 0 Å². The van der Waals surface area contributed by atoms with Crippen LogP contribution in [0.2, 0.25) is 0 Å². The van der Waals surface area contributed by atoms with E-state index in [0.29, 0.717) is 12.0 Å². The topological polar surface area (TPSA) is 387 Å². The first kappa shape index (κ1) is 49.4. The highest BCUT2D eigenvalue weighted by Crippen LogP contribution is 2.11. The molecule has 0 spiro atoms. The molecule has 8 atom stereocenters. The summed E-state index contributed by atoms with van der Waals surface area (Å²) in [6.07, 6.45) is -4.71. The summed E-state index contributed by atoms with van der Waals surface area (Å²) in [5.41, 5.74) is 6.00. The van der Waals surface area contributed by atoms with Gasteiger partial charge in [0, 0.05) is 12.8 Å². The van der Waals surface area contributed by atoms with Gasteiger partial charge in [0.15, 0.2) is 0 Å². The summed E-state index contributed by atoms with van der Waals surface area (Å²) in [5, 5.41) is 59.7. The van der Waals surface area contributed by atoms with E-state index >= 15 is 0 Å². The second-order valence-electron chi connectivity index (χ2n) is 13.2. The first-order valence-electron chi connectivity index (χ1n) is 17.8. The van der Waals surface area contributed by atoms with E-state index < -0.39 is 146 Å². The molecule has 0 aromatic heterocycles. The van der Waals surface area contributed by atoms with Crippen molar-refractivity contribution in [3.63, 3.8) is 0 Å². The van der Waals surface area contributed by atoms with Gasteiger partial charge in [-0.05, 0) is 24.8 Å². The maximum atomic E-state index is 13.8. The molecular formula is C35H49N7O16. The summed E-state index contributed by atoms with van der Waals surface area (Å²) in [7, 11) is 0. The van der Waals surface area contributed by atoms with Gasteiger partial charge in [0.2, 0.25) is 35.4 Å². The minimum Gasteiger partial charge on any atom is -0.481 e. The van der Waals surface area contributed by atoms with E-state index in [1.54, 1.807) is 32.0 Å². The van der Waals surface area contributed by atoms with Gasteiger partial charge >= 0.3 is 29.8 Å². The van der Waals surface area contributed by atoms with Gasteiger partial charge in [-0.3, -0.25) is 47.9 Å². The third kappa shape index (κ3) is 17.9. The molecule has 0 heterocycles. The maximum absolute atomic E-state index is 13.8. The first-order valence-corrected chi connectivity index (χ1v) is 17.8. The van der Waals surface area contributed by atoms with Crippen LogP contribution in [0.5, 0.6) is 0 Å². The predicted molar refractivity (Wildman–Crippen MR) is 196 cm³/mol. The molecule has 320 valence electrons. The number of nitrogens with two attached hydrogens (primary N) is 1. The van der Waals surface area contributed by atoms with Crippen molar-refractivity contribution in [2.45, 2.75) is 108 Å². The summed E-state index contributed by atoms with van der Waals surface area (Å²) < 4.78 is 0. The number of rotatable bonds is 26. The fourth-order valence-corrected chi connectivity index (χ4v) is 5.07. The van der Waals surface area contributed by atoms with Gasteiger partial charge in [-0.25, -0.2) is 4.79 Å². The van der Waals surface area contributed by atoms with E-state index in [1.165, 1.54) is 19.1 Å². The average molecular weight is 824 g/mol. The van der Waals surface area contributed by atoms with Crippen LogP contribution >= 0.6 is 0 Å². The van der Waals surface area contributed by atoms with E-state index in [9.17, 15) is 73.2 Å². The molecule has 58 heavy (non-hydrogen) atoms. The highest BCUT2D eigenvalue weighted by Gasteiger charge is 2.36. The molecular weight excluding hydrogens is 774 g/mol. The average Bonchev–Trinajstić information content (AvgIpc) is 3.13. The molecule has 0 aliphatic heterocycles. The second-order valence-corrected chi connectivity index (χ2v) is 13.2. The zero-order valence-electron chi connectivity index (χ0n) is 31.8. The van der Waals surface area contributed by atoms with Gasteiger partial charge in [-0.2, -0.15) is 0 Å². The SMILES string of the molecule is CC[C@H](C)[C@H](NC(=O)[C@H](C)N)C(=O)N[C@@H](CC(=O)O)C(=O)N[C@@H](Cc1ccccc1)C(=O)N[C@@H](CC(=O)O)C(=O)N[C@@H](CC(=O)O)C(=O)N[C@@H](CCC(=O)O)C(=O)O. The highest BCUT2D eigenvalue weighted by molar-refractivity contribution is 5.99. The number of carbonyl (C=O) groups is 11. The van der Waals surface area contributed by atoms with Gasteiger partial charge < -0.3 is 63.2 Å². The van der Waals surface area contributed by atoms with E-state index in [-0.39, 0.29) is 6.42 Å². The van der Waals surface area contributed by atoms with Crippen LogP contribution < -0.4 is 37.6 Å². The van der Waals surface area contributed by atoms with Crippen LogP contribution in [0.1, 0.15) is 64.9 Å². The number of benzene rings is 1. The van der Waals surface area contributed by atoms with E-state index in [2.05, 4.69) is 21.3 Å². The number of hydrogen-bond donors (Lipinski definition) is 12. The summed E-state index contributed by atoms with van der Waals surface area (Å²) in [4.78, 5) is 137. The Balaban J connectivity index is 3.48. The normalized spacial score (nSPS) is 14.9. The third-order valence-electron chi connectivity index (χ3n) is 8.42. The summed E-state index contributed by atoms with van der Waals surface area (Å²) in [5.74, 6) is -15.5. The summed E-state index contributed by atoms with van der Waals surface area (Å²) >= 11 is 0. The molecule has 1 rings (SSSR count). The van der Waals surface area contributed by atoms with Crippen LogP contribution in [0.15, 0.2) is 30.3 Å². The van der Waals surface area contributed by atoms with Crippen LogP contribution in [-0.4, -0.2) is 133 Å². The first-order chi connectivity index (χ1) is 27.0. The van der Waals surface area contributed by atoms with Crippen molar-refractivity contribution in [1.82, 2.24) is 31.9 Å². The molecule has 0 radical (unpaired) electrons.